The van der Waals surface area contributed by atoms with Crippen LogP contribution in [0, 0.1) is 6.58 Å². The van der Waals surface area contributed by atoms with Crippen LogP contribution in [0.1, 0.15) is 6.42 Å². The van der Waals surface area contributed by atoms with Crippen LogP contribution in [0.2, 0.25) is 0 Å². The molecule has 1 rings (SSSR count). The van der Waals surface area contributed by atoms with E-state index in [4.69, 9.17) is 6.58 Å². The van der Waals surface area contributed by atoms with E-state index in [9.17, 15) is 9.59 Å². The van der Waals surface area contributed by atoms with Crippen LogP contribution in [-0.2, 0) is 9.59 Å². The molecule has 1 radical (unpaired) electrons. The highest BCUT2D eigenvalue weighted by molar-refractivity contribution is 6.14. The van der Waals surface area contributed by atoms with Crippen LogP contribution in [0.4, 0.5) is 0 Å². The second-order valence-corrected chi connectivity index (χ2v) is 1.56. The van der Waals surface area contributed by atoms with E-state index in [-0.39, 0.29) is 23.8 Å². The third kappa shape index (κ3) is 0.621. The molecule has 0 aromatic rings. The molecule has 0 atom stereocenters. The maximum absolute atomic E-state index is 10.3. The summed E-state index contributed by atoms with van der Waals surface area (Å²) in [7, 11) is 0. The lowest BCUT2D eigenvalue weighted by Gasteiger charge is -1.84. The molecule has 1 fully saturated rings. The van der Waals surface area contributed by atoms with Crippen LogP contribution in [0.3, 0.4) is 0 Å². The Bertz CT molecular complexity index is 153. The topological polar surface area (TPSA) is 46.2 Å². The number of amides is 1. The van der Waals surface area contributed by atoms with Gasteiger partial charge in [0.05, 0.1) is 12.1 Å². The molecule has 0 aromatic heterocycles. The fraction of sp³-hybridized carbons (Fsp3) is 0.200. The van der Waals surface area contributed by atoms with Gasteiger partial charge in [0.2, 0.25) is 5.91 Å². The fourth-order valence-corrected chi connectivity index (χ4v) is 0.505. The lowest BCUT2D eigenvalue weighted by atomic mass is 10.3. The van der Waals surface area contributed by atoms with Crippen molar-refractivity contribution in [2.45, 2.75) is 6.42 Å². The van der Waals surface area contributed by atoms with Gasteiger partial charge in [0.15, 0.2) is 5.78 Å². The number of allylic oxidation sites excluding steroid dienone is 1. The van der Waals surface area contributed by atoms with Crippen molar-refractivity contribution in [3.05, 3.63) is 12.3 Å². The first-order valence-electron chi connectivity index (χ1n) is 2.15. The van der Waals surface area contributed by atoms with Crippen molar-refractivity contribution in [1.82, 2.24) is 5.32 Å². The predicted molar refractivity (Wildman–Crippen MR) is 25.6 cm³/mol. The summed E-state index contributed by atoms with van der Waals surface area (Å²) in [6, 6.07) is 0. The number of hydrogen-bond acceptors (Lipinski definition) is 2. The maximum Gasteiger partial charge on any atom is 0.232 e. The number of carbonyl (C=O) groups excluding carboxylic acids is 2. The summed E-state index contributed by atoms with van der Waals surface area (Å²) in [5.41, 5.74) is -0.0324. The average Bonchev–Trinajstić information content (AvgIpc) is 1.85. The highest BCUT2D eigenvalue weighted by Crippen LogP contribution is 2.01. The predicted octanol–water partition coefficient (Wildman–Crippen LogP) is -0.608. The van der Waals surface area contributed by atoms with Crippen LogP contribution in [0.15, 0.2) is 5.70 Å². The summed E-state index contributed by atoms with van der Waals surface area (Å²) >= 11 is 0. The zero-order valence-corrected chi connectivity index (χ0v) is 4.10. The highest BCUT2D eigenvalue weighted by atomic mass is 16.2. The highest BCUT2D eigenvalue weighted by Gasteiger charge is 2.21. The summed E-state index contributed by atoms with van der Waals surface area (Å²) in [6.07, 6.45) is -0.0914. The van der Waals surface area contributed by atoms with Gasteiger partial charge in [-0.25, -0.2) is 0 Å². The summed E-state index contributed by atoms with van der Waals surface area (Å²) in [5, 5.41) is 2.17. The van der Waals surface area contributed by atoms with Gasteiger partial charge in [-0.05, 0) is 6.58 Å². The second-order valence-electron chi connectivity index (χ2n) is 1.56. The molecule has 0 bridgehead atoms. The van der Waals surface area contributed by atoms with Gasteiger partial charge in [0, 0.05) is 0 Å². The van der Waals surface area contributed by atoms with Gasteiger partial charge >= 0.3 is 0 Å². The van der Waals surface area contributed by atoms with Crippen LogP contribution in [-0.4, -0.2) is 11.7 Å². The van der Waals surface area contributed by atoms with E-state index in [1.807, 2.05) is 0 Å². The van der Waals surface area contributed by atoms with E-state index in [1.165, 1.54) is 0 Å². The molecule has 8 heavy (non-hydrogen) atoms. The molecule has 0 aromatic carbocycles. The van der Waals surface area contributed by atoms with Crippen molar-refractivity contribution in [2.24, 2.45) is 0 Å². The zero-order chi connectivity index (χ0) is 6.15. The first kappa shape index (κ1) is 5.03. The smallest absolute Gasteiger partial charge is 0.232 e. The van der Waals surface area contributed by atoms with Crippen LogP contribution in [0.25, 0.3) is 0 Å². The number of Topliss-reactive ketones (excluding diaryl/α,β-unsaturated/α-hetero) is 1. The first-order valence-corrected chi connectivity index (χ1v) is 2.15. The van der Waals surface area contributed by atoms with Crippen molar-refractivity contribution in [3.63, 3.8) is 0 Å². The Morgan fingerprint density at radius 3 is 2.25 bits per heavy atom. The Morgan fingerprint density at radius 2 is 2.12 bits per heavy atom. The molecular formula is C5H4NO2. The summed E-state index contributed by atoms with van der Waals surface area (Å²) in [5.74, 6) is -0.623. The monoisotopic (exact) mass is 110 g/mol. The Labute approximate surface area is 46.4 Å². The van der Waals surface area contributed by atoms with E-state index >= 15 is 0 Å². The molecule has 0 unspecified atom stereocenters. The molecule has 41 valence electrons. The lowest BCUT2D eigenvalue weighted by molar-refractivity contribution is -0.121. The minimum absolute atomic E-state index is 0.0324. The van der Waals surface area contributed by atoms with Gasteiger partial charge in [0.1, 0.15) is 0 Å². The SMILES string of the molecule is [CH]=C1NC(=O)CC1=O. The standard InChI is InChI=1S/C5H4NO2/c1-3-4(7)2-5(8)6-3/h1H,2H2,(H,6,8). The van der Waals surface area contributed by atoms with Gasteiger partial charge in [0.25, 0.3) is 0 Å². The number of carbonyl (C=O) groups is 2. The van der Waals surface area contributed by atoms with E-state index in [2.05, 4.69) is 5.32 Å². The quantitative estimate of drug-likeness (QED) is 0.334. The molecular weight excluding hydrogens is 106 g/mol. The van der Waals surface area contributed by atoms with E-state index in [0.29, 0.717) is 0 Å². The van der Waals surface area contributed by atoms with E-state index in [0.717, 1.165) is 0 Å². The molecule has 1 saturated heterocycles. The van der Waals surface area contributed by atoms with E-state index in [1.54, 1.807) is 0 Å². The second kappa shape index (κ2) is 1.43. The van der Waals surface area contributed by atoms with Crippen molar-refractivity contribution in [1.29, 1.82) is 0 Å². The zero-order valence-electron chi connectivity index (χ0n) is 4.10. The third-order valence-electron chi connectivity index (χ3n) is 0.896. The molecule has 1 aliphatic heterocycles. The molecule has 3 nitrogen and oxygen atoms in total. The molecule has 1 aliphatic rings. The summed E-state index contributed by atoms with van der Waals surface area (Å²) < 4.78 is 0. The summed E-state index contributed by atoms with van der Waals surface area (Å²) in [6.45, 7) is 5.00. The van der Waals surface area contributed by atoms with Crippen molar-refractivity contribution in [3.8, 4) is 0 Å². The molecule has 1 heterocycles. The van der Waals surface area contributed by atoms with Gasteiger partial charge < -0.3 is 5.32 Å². The van der Waals surface area contributed by atoms with Crippen molar-refractivity contribution >= 4 is 11.7 Å². The Morgan fingerprint density at radius 1 is 1.50 bits per heavy atom. The first-order chi connectivity index (χ1) is 3.70. The molecule has 0 aliphatic carbocycles. The van der Waals surface area contributed by atoms with Gasteiger partial charge in [-0.15, -0.1) is 0 Å². The third-order valence-corrected chi connectivity index (χ3v) is 0.896. The molecule has 1 N–H and O–H groups in total. The fourth-order valence-electron chi connectivity index (χ4n) is 0.505. The van der Waals surface area contributed by atoms with Crippen molar-refractivity contribution in [2.75, 3.05) is 0 Å². The number of rotatable bonds is 0. The van der Waals surface area contributed by atoms with Crippen LogP contribution >= 0.6 is 0 Å². The van der Waals surface area contributed by atoms with Gasteiger partial charge in [-0.1, -0.05) is 0 Å². The summed E-state index contributed by atoms with van der Waals surface area (Å²) in [4.78, 5) is 20.6. The number of hydrogen-bond donors (Lipinski definition) is 1. The molecule has 0 spiro atoms. The number of nitrogens with one attached hydrogen (secondary N) is 1. The largest absolute Gasteiger partial charge is 0.323 e. The molecule has 3 heteroatoms. The Balaban J connectivity index is 2.79. The van der Waals surface area contributed by atoms with E-state index < -0.39 is 0 Å². The lowest BCUT2D eigenvalue weighted by Crippen LogP contribution is -2.11. The maximum atomic E-state index is 10.3. The van der Waals surface area contributed by atoms with Crippen LogP contribution in [0.5, 0.6) is 0 Å². The number of ketones is 1. The normalized spacial score (nSPS) is 19.2. The van der Waals surface area contributed by atoms with Crippen LogP contribution < -0.4 is 5.32 Å². The van der Waals surface area contributed by atoms with Gasteiger partial charge in [-0.3, -0.25) is 9.59 Å². The Kier molecular flexibility index (Phi) is 0.901. The average molecular weight is 110 g/mol. The van der Waals surface area contributed by atoms with Crippen molar-refractivity contribution < 1.29 is 9.59 Å². The molecule has 0 saturated carbocycles. The Hall–Kier alpha value is -1.12. The molecule has 1 amide bonds. The van der Waals surface area contributed by atoms with Gasteiger partial charge in [-0.2, -0.15) is 0 Å². The minimum Gasteiger partial charge on any atom is -0.323 e. The minimum atomic E-state index is -0.312.